The summed E-state index contributed by atoms with van der Waals surface area (Å²) >= 11 is 1.63. The summed E-state index contributed by atoms with van der Waals surface area (Å²) in [6, 6.07) is 8.18. The maximum atomic E-state index is 11.1. The number of aliphatic hydroxyl groups is 1. The average Bonchev–Trinajstić information content (AvgIpc) is 2.31. The summed E-state index contributed by atoms with van der Waals surface area (Å²) in [6.45, 7) is 4.20. The van der Waals surface area contributed by atoms with Crippen LogP contribution >= 0.6 is 11.8 Å². The summed E-state index contributed by atoms with van der Waals surface area (Å²) in [4.78, 5) is 11.1. The van der Waals surface area contributed by atoms with Gasteiger partial charge in [-0.2, -0.15) is 11.8 Å². The van der Waals surface area contributed by atoms with Crippen molar-refractivity contribution in [3.63, 3.8) is 0 Å². The fourth-order valence-corrected chi connectivity index (χ4v) is 2.60. The lowest BCUT2D eigenvalue weighted by molar-refractivity contribution is -0.144. The lowest BCUT2D eigenvalue weighted by Gasteiger charge is -2.10. The van der Waals surface area contributed by atoms with Gasteiger partial charge in [-0.3, -0.25) is 4.79 Å². The molecule has 1 aromatic carbocycles. The van der Waals surface area contributed by atoms with Crippen molar-refractivity contribution in [3.05, 3.63) is 35.4 Å². The molecule has 1 unspecified atom stereocenters. The summed E-state index contributed by atoms with van der Waals surface area (Å²) in [6.07, 6.45) is -0.549. The molecule has 100 valence electrons. The fraction of sp³-hybridized carbons (Fsp3) is 0.500. The van der Waals surface area contributed by atoms with Gasteiger partial charge in [0.05, 0.1) is 19.1 Å². The van der Waals surface area contributed by atoms with E-state index in [1.165, 1.54) is 11.1 Å². The number of ether oxygens (including phenoxy) is 1. The van der Waals surface area contributed by atoms with Crippen molar-refractivity contribution in [3.8, 4) is 0 Å². The van der Waals surface area contributed by atoms with Crippen LogP contribution in [0.1, 0.15) is 24.5 Å². The highest BCUT2D eigenvalue weighted by Crippen LogP contribution is 2.17. The van der Waals surface area contributed by atoms with E-state index >= 15 is 0 Å². The van der Waals surface area contributed by atoms with Crippen molar-refractivity contribution in [2.75, 3.05) is 12.4 Å². The highest BCUT2D eigenvalue weighted by molar-refractivity contribution is 7.98. The molecule has 0 aliphatic heterocycles. The molecule has 1 atom stereocenters. The van der Waals surface area contributed by atoms with Crippen LogP contribution < -0.4 is 0 Å². The van der Waals surface area contributed by atoms with Gasteiger partial charge in [-0.15, -0.1) is 0 Å². The molecule has 0 radical (unpaired) electrons. The van der Waals surface area contributed by atoms with E-state index in [4.69, 9.17) is 4.74 Å². The van der Waals surface area contributed by atoms with E-state index in [0.29, 0.717) is 12.4 Å². The minimum Gasteiger partial charge on any atom is -0.466 e. The van der Waals surface area contributed by atoms with E-state index in [9.17, 15) is 9.90 Å². The normalized spacial score (nSPS) is 12.2. The van der Waals surface area contributed by atoms with Crippen LogP contribution in [-0.4, -0.2) is 29.5 Å². The molecule has 0 amide bonds. The Labute approximate surface area is 113 Å². The van der Waals surface area contributed by atoms with Gasteiger partial charge >= 0.3 is 5.97 Å². The van der Waals surface area contributed by atoms with Crippen LogP contribution in [0.4, 0.5) is 0 Å². The van der Waals surface area contributed by atoms with Gasteiger partial charge in [0.2, 0.25) is 0 Å². The maximum absolute atomic E-state index is 11.1. The zero-order chi connectivity index (χ0) is 13.4. The Balaban J connectivity index is 2.25. The Morgan fingerprint density at radius 1 is 1.44 bits per heavy atom. The minimum atomic E-state index is -0.627. The summed E-state index contributed by atoms with van der Waals surface area (Å²) in [5.41, 5.74) is 2.52. The van der Waals surface area contributed by atoms with Crippen molar-refractivity contribution in [2.24, 2.45) is 0 Å². The van der Waals surface area contributed by atoms with E-state index in [1.807, 2.05) is 12.1 Å². The number of carbonyl (C=O) groups is 1. The number of aryl methyl sites for hydroxylation is 1. The molecular formula is C14H20O3S. The number of rotatable bonds is 7. The highest BCUT2D eigenvalue weighted by Gasteiger charge is 2.11. The third-order valence-corrected chi connectivity index (χ3v) is 3.67. The van der Waals surface area contributed by atoms with E-state index in [0.717, 1.165) is 5.75 Å². The SMILES string of the molecule is CCOC(=O)CC(O)CSCc1ccccc1C. The number of benzene rings is 1. The number of hydrogen-bond donors (Lipinski definition) is 1. The molecule has 3 nitrogen and oxygen atoms in total. The van der Waals surface area contributed by atoms with Gasteiger partial charge in [-0.25, -0.2) is 0 Å². The average molecular weight is 268 g/mol. The zero-order valence-electron chi connectivity index (χ0n) is 10.9. The number of esters is 1. The summed E-state index contributed by atoms with van der Waals surface area (Å²) in [5.74, 6) is 1.07. The molecule has 1 N–H and O–H groups in total. The molecule has 18 heavy (non-hydrogen) atoms. The van der Waals surface area contributed by atoms with Gasteiger partial charge in [-0.05, 0) is 25.0 Å². The second-order valence-corrected chi connectivity index (χ2v) is 5.13. The minimum absolute atomic E-state index is 0.0780. The van der Waals surface area contributed by atoms with Crippen LogP contribution in [0.15, 0.2) is 24.3 Å². The molecule has 0 aliphatic carbocycles. The molecule has 0 saturated heterocycles. The van der Waals surface area contributed by atoms with Crippen LogP contribution in [0, 0.1) is 6.92 Å². The summed E-state index contributed by atoms with van der Waals surface area (Å²) in [7, 11) is 0. The maximum Gasteiger partial charge on any atom is 0.308 e. The second-order valence-electron chi connectivity index (χ2n) is 4.10. The number of carbonyl (C=O) groups excluding carboxylic acids is 1. The Morgan fingerprint density at radius 2 is 2.17 bits per heavy atom. The summed E-state index contributed by atoms with van der Waals surface area (Å²) < 4.78 is 4.79. The van der Waals surface area contributed by atoms with E-state index in [2.05, 4.69) is 19.1 Å². The van der Waals surface area contributed by atoms with Crippen LogP contribution in [0.25, 0.3) is 0 Å². The lowest BCUT2D eigenvalue weighted by atomic mass is 10.1. The zero-order valence-corrected chi connectivity index (χ0v) is 11.7. The van der Waals surface area contributed by atoms with Crippen molar-refractivity contribution in [2.45, 2.75) is 32.1 Å². The fourth-order valence-electron chi connectivity index (χ4n) is 1.55. The first-order valence-corrected chi connectivity index (χ1v) is 7.25. The molecule has 0 fully saturated rings. The van der Waals surface area contributed by atoms with Crippen LogP contribution in [0.3, 0.4) is 0 Å². The molecule has 0 heterocycles. The molecule has 0 saturated carbocycles. The number of hydrogen-bond acceptors (Lipinski definition) is 4. The standard InChI is InChI=1S/C14H20O3S/c1-3-17-14(16)8-13(15)10-18-9-12-7-5-4-6-11(12)2/h4-7,13,15H,3,8-10H2,1-2H3. The van der Waals surface area contributed by atoms with Crippen LogP contribution in [0.2, 0.25) is 0 Å². The Kier molecular flexibility index (Phi) is 6.83. The van der Waals surface area contributed by atoms with Gasteiger partial charge in [0, 0.05) is 11.5 Å². The number of aliphatic hydroxyl groups excluding tert-OH is 1. The third-order valence-electron chi connectivity index (χ3n) is 2.54. The van der Waals surface area contributed by atoms with Gasteiger partial charge in [0.15, 0.2) is 0 Å². The molecule has 1 rings (SSSR count). The molecule has 1 aromatic rings. The Bertz CT molecular complexity index is 379. The molecular weight excluding hydrogens is 248 g/mol. The van der Waals surface area contributed by atoms with Crippen molar-refractivity contribution in [1.29, 1.82) is 0 Å². The molecule has 0 aliphatic rings. The first-order valence-electron chi connectivity index (χ1n) is 6.09. The predicted octanol–water partition coefficient (Wildman–Crippen LogP) is 2.54. The summed E-state index contributed by atoms with van der Waals surface area (Å²) in [5, 5.41) is 9.67. The van der Waals surface area contributed by atoms with Crippen molar-refractivity contribution >= 4 is 17.7 Å². The molecule has 0 spiro atoms. The van der Waals surface area contributed by atoms with Gasteiger partial charge < -0.3 is 9.84 Å². The quantitative estimate of drug-likeness (QED) is 0.772. The van der Waals surface area contributed by atoms with Gasteiger partial charge in [0.1, 0.15) is 0 Å². The first kappa shape index (κ1) is 15.1. The predicted molar refractivity (Wildman–Crippen MR) is 74.6 cm³/mol. The van der Waals surface area contributed by atoms with Crippen LogP contribution in [-0.2, 0) is 15.3 Å². The van der Waals surface area contributed by atoms with E-state index < -0.39 is 6.10 Å². The van der Waals surface area contributed by atoms with Crippen molar-refractivity contribution in [1.82, 2.24) is 0 Å². The molecule has 0 bridgehead atoms. The molecule has 0 aromatic heterocycles. The lowest BCUT2D eigenvalue weighted by Crippen LogP contribution is -2.18. The smallest absolute Gasteiger partial charge is 0.308 e. The third kappa shape index (κ3) is 5.56. The monoisotopic (exact) mass is 268 g/mol. The first-order chi connectivity index (χ1) is 8.63. The van der Waals surface area contributed by atoms with E-state index in [1.54, 1.807) is 18.7 Å². The number of thioether (sulfide) groups is 1. The Hall–Kier alpha value is -1.00. The van der Waals surface area contributed by atoms with Gasteiger partial charge in [0.25, 0.3) is 0 Å². The second kappa shape index (κ2) is 8.16. The topological polar surface area (TPSA) is 46.5 Å². The molecule has 4 heteroatoms. The van der Waals surface area contributed by atoms with Crippen molar-refractivity contribution < 1.29 is 14.6 Å². The highest BCUT2D eigenvalue weighted by atomic mass is 32.2. The van der Waals surface area contributed by atoms with Crippen LogP contribution in [0.5, 0.6) is 0 Å². The Morgan fingerprint density at radius 3 is 2.83 bits per heavy atom. The van der Waals surface area contributed by atoms with E-state index in [-0.39, 0.29) is 12.4 Å². The largest absolute Gasteiger partial charge is 0.466 e. The van der Waals surface area contributed by atoms with Gasteiger partial charge in [-0.1, -0.05) is 24.3 Å².